The molecule has 106 valence electrons. The van der Waals surface area contributed by atoms with Gasteiger partial charge in [0.1, 0.15) is 0 Å². The molecule has 0 unspecified atom stereocenters. The number of hydrogen-bond acceptors (Lipinski definition) is 3. The minimum absolute atomic E-state index is 0.0617. The summed E-state index contributed by atoms with van der Waals surface area (Å²) in [6.07, 6.45) is 3.53. The first kappa shape index (κ1) is 14.2. The zero-order chi connectivity index (χ0) is 14.7. The van der Waals surface area contributed by atoms with Crippen molar-refractivity contribution in [3.05, 3.63) is 59.0 Å². The predicted octanol–water partition coefficient (Wildman–Crippen LogP) is 4.14. The maximum atomic E-state index is 11.9. The van der Waals surface area contributed by atoms with Crippen molar-refractivity contribution in [2.24, 2.45) is 0 Å². The van der Waals surface area contributed by atoms with Crippen LogP contribution in [0.3, 0.4) is 0 Å². The number of rotatable bonds is 5. The van der Waals surface area contributed by atoms with E-state index in [9.17, 15) is 4.79 Å². The van der Waals surface area contributed by atoms with Crippen LogP contribution < -0.4 is 0 Å². The first-order valence-electron chi connectivity index (χ1n) is 6.33. The molecule has 2 heterocycles. The van der Waals surface area contributed by atoms with E-state index in [-0.39, 0.29) is 5.78 Å². The average molecular weight is 362 g/mol. The smallest absolute Gasteiger partial charge is 0.189 e. The fourth-order valence-electron chi connectivity index (χ4n) is 1.87. The summed E-state index contributed by atoms with van der Waals surface area (Å²) in [5, 5.41) is 0.743. The molecule has 3 rings (SSSR count). The Bertz CT molecular complexity index is 735. The molecule has 1 aromatic carbocycles. The van der Waals surface area contributed by atoms with Crippen molar-refractivity contribution >= 4 is 33.5 Å². The van der Waals surface area contributed by atoms with Crippen LogP contribution in [0.25, 0.3) is 11.3 Å². The van der Waals surface area contributed by atoms with E-state index < -0.39 is 0 Å². The van der Waals surface area contributed by atoms with Crippen LogP contribution in [0.15, 0.2) is 58.4 Å². The minimum Gasteiger partial charge on any atom is -0.359 e. The van der Waals surface area contributed by atoms with E-state index in [1.54, 1.807) is 18.5 Å². The number of benzene rings is 1. The van der Waals surface area contributed by atoms with Crippen molar-refractivity contribution in [2.75, 3.05) is 5.75 Å². The number of halogens is 1. The van der Waals surface area contributed by atoms with Gasteiger partial charge in [-0.15, -0.1) is 0 Å². The molecule has 6 heteroatoms. The highest BCUT2D eigenvalue weighted by Crippen LogP contribution is 2.23. The molecule has 2 aromatic heterocycles. The van der Waals surface area contributed by atoms with Crippen molar-refractivity contribution in [3.8, 4) is 11.3 Å². The standard InChI is InChI=1S/C15H12BrN3OS/c16-11-5-3-10(4-6-11)13-8-18-15(19-13)21-9-14(20)12-2-1-7-17-12/h1-8,17H,9H2,(H,18,19). The number of aromatic nitrogens is 3. The molecule has 2 N–H and O–H groups in total. The highest BCUT2D eigenvalue weighted by atomic mass is 79.9. The van der Waals surface area contributed by atoms with E-state index in [1.807, 2.05) is 30.3 Å². The van der Waals surface area contributed by atoms with Gasteiger partial charge in [0.25, 0.3) is 0 Å². The summed E-state index contributed by atoms with van der Waals surface area (Å²) in [5.41, 5.74) is 2.63. The highest BCUT2D eigenvalue weighted by Gasteiger charge is 2.09. The number of nitrogens with zero attached hydrogens (tertiary/aromatic N) is 1. The van der Waals surface area contributed by atoms with Crippen LogP contribution in [-0.4, -0.2) is 26.5 Å². The lowest BCUT2D eigenvalue weighted by Gasteiger charge is -1.98. The van der Waals surface area contributed by atoms with Crippen LogP contribution in [0.5, 0.6) is 0 Å². The molecule has 3 aromatic rings. The van der Waals surface area contributed by atoms with Gasteiger partial charge in [0.05, 0.1) is 23.3 Å². The van der Waals surface area contributed by atoms with Crippen LogP contribution in [0, 0.1) is 0 Å². The summed E-state index contributed by atoms with van der Waals surface area (Å²) < 4.78 is 1.04. The molecule has 0 saturated carbocycles. The summed E-state index contributed by atoms with van der Waals surface area (Å²) in [6, 6.07) is 11.6. The summed E-state index contributed by atoms with van der Waals surface area (Å²) in [5.74, 6) is 0.417. The van der Waals surface area contributed by atoms with Gasteiger partial charge in [-0.05, 0) is 29.8 Å². The molecule has 0 atom stereocenters. The van der Waals surface area contributed by atoms with E-state index in [2.05, 4.69) is 30.9 Å². The number of carbonyl (C=O) groups excluding carboxylic acids is 1. The molecule has 0 bridgehead atoms. The number of imidazole rings is 1. The zero-order valence-corrected chi connectivity index (χ0v) is 13.4. The molecule has 21 heavy (non-hydrogen) atoms. The van der Waals surface area contributed by atoms with Gasteiger partial charge in [0.15, 0.2) is 10.9 Å². The number of aromatic amines is 2. The van der Waals surface area contributed by atoms with Gasteiger partial charge < -0.3 is 9.97 Å². The second kappa shape index (κ2) is 6.32. The molecule has 0 aliphatic carbocycles. The van der Waals surface area contributed by atoms with Crippen LogP contribution in [0.2, 0.25) is 0 Å². The molecule has 0 fully saturated rings. The van der Waals surface area contributed by atoms with Crippen LogP contribution in [0.4, 0.5) is 0 Å². The number of nitrogens with one attached hydrogen (secondary N) is 2. The lowest BCUT2D eigenvalue weighted by Crippen LogP contribution is -2.02. The van der Waals surface area contributed by atoms with Crippen molar-refractivity contribution in [2.45, 2.75) is 5.16 Å². The molecule has 0 spiro atoms. The summed E-state index contributed by atoms with van der Waals surface area (Å²) in [7, 11) is 0. The third-order valence-corrected chi connectivity index (χ3v) is 4.36. The van der Waals surface area contributed by atoms with Crippen LogP contribution >= 0.6 is 27.7 Å². The molecule has 0 radical (unpaired) electrons. The van der Waals surface area contributed by atoms with Crippen molar-refractivity contribution in [1.29, 1.82) is 0 Å². The highest BCUT2D eigenvalue weighted by molar-refractivity contribution is 9.10. The molecular formula is C15H12BrN3OS. The predicted molar refractivity (Wildman–Crippen MR) is 87.6 cm³/mol. The Morgan fingerprint density at radius 1 is 1.24 bits per heavy atom. The Morgan fingerprint density at radius 3 is 2.76 bits per heavy atom. The summed E-state index contributed by atoms with van der Waals surface area (Å²) in [4.78, 5) is 22.3. The van der Waals surface area contributed by atoms with Crippen molar-refractivity contribution in [1.82, 2.24) is 15.0 Å². The zero-order valence-electron chi connectivity index (χ0n) is 11.0. The topological polar surface area (TPSA) is 61.5 Å². The number of thioether (sulfide) groups is 1. The molecule has 0 aliphatic heterocycles. The third-order valence-electron chi connectivity index (χ3n) is 2.95. The lowest BCUT2D eigenvalue weighted by atomic mass is 10.2. The van der Waals surface area contributed by atoms with Gasteiger partial charge in [0.2, 0.25) is 0 Å². The SMILES string of the molecule is O=C(CSc1ncc(-c2ccc(Br)cc2)[nH]1)c1ccc[nH]1. The van der Waals surface area contributed by atoms with E-state index >= 15 is 0 Å². The Balaban J connectivity index is 1.65. The van der Waals surface area contributed by atoms with Crippen LogP contribution in [-0.2, 0) is 0 Å². The average Bonchev–Trinajstić information content (AvgIpc) is 3.17. The molecule has 0 aliphatic rings. The second-order valence-electron chi connectivity index (χ2n) is 4.40. The van der Waals surface area contributed by atoms with E-state index in [1.165, 1.54) is 11.8 Å². The first-order chi connectivity index (χ1) is 10.2. The fourth-order valence-corrected chi connectivity index (χ4v) is 2.86. The fraction of sp³-hybridized carbons (Fsp3) is 0.0667. The van der Waals surface area contributed by atoms with Gasteiger partial charge >= 0.3 is 0 Å². The Labute approximate surface area is 134 Å². The quantitative estimate of drug-likeness (QED) is 0.530. The Hall–Kier alpha value is -1.79. The van der Waals surface area contributed by atoms with Crippen molar-refractivity contribution in [3.63, 3.8) is 0 Å². The van der Waals surface area contributed by atoms with E-state index in [4.69, 9.17) is 0 Å². The number of H-pyrrole nitrogens is 2. The van der Waals surface area contributed by atoms with Gasteiger partial charge in [0, 0.05) is 10.7 Å². The largest absolute Gasteiger partial charge is 0.359 e. The maximum absolute atomic E-state index is 11.9. The van der Waals surface area contributed by atoms with Gasteiger partial charge in [-0.3, -0.25) is 4.79 Å². The first-order valence-corrected chi connectivity index (χ1v) is 8.10. The van der Waals surface area contributed by atoms with Crippen molar-refractivity contribution < 1.29 is 4.79 Å². The Morgan fingerprint density at radius 2 is 2.05 bits per heavy atom. The van der Waals surface area contributed by atoms with Crippen LogP contribution in [0.1, 0.15) is 10.5 Å². The van der Waals surface area contributed by atoms with E-state index in [0.29, 0.717) is 11.4 Å². The number of carbonyl (C=O) groups is 1. The number of Topliss-reactive ketones (excluding diaryl/α,β-unsaturated/α-hetero) is 1. The van der Waals surface area contributed by atoms with Gasteiger partial charge in [-0.25, -0.2) is 4.98 Å². The molecular weight excluding hydrogens is 350 g/mol. The minimum atomic E-state index is 0.0617. The normalized spacial score (nSPS) is 10.7. The molecule has 0 saturated heterocycles. The molecule has 0 amide bonds. The van der Waals surface area contributed by atoms with Gasteiger partial charge in [-0.2, -0.15) is 0 Å². The Kier molecular flexibility index (Phi) is 4.26. The third kappa shape index (κ3) is 3.46. The lowest BCUT2D eigenvalue weighted by molar-refractivity contribution is 0.101. The second-order valence-corrected chi connectivity index (χ2v) is 6.28. The number of hydrogen-bond donors (Lipinski definition) is 2. The van der Waals surface area contributed by atoms with Gasteiger partial charge in [-0.1, -0.05) is 39.8 Å². The summed E-state index contributed by atoms with van der Waals surface area (Å²) >= 11 is 4.81. The summed E-state index contributed by atoms with van der Waals surface area (Å²) in [6.45, 7) is 0. The van der Waals surface area contributed by atoms with E-state index in [0.717, 1.165) is 20.9 Å². The molecule has 4 nitrogen and oxygen atoms in total. The monoisotopic (exact) mass is 361 g/mol. The number of ketones is 1. The maximum Gasteiger partial charge on any atom is 0.189 e.